The second kappa shape index (κ2) is 3.39. The summed E-state index contributed by atoms with van der Waals surface area (Å²) in [6.45, 7) is 0. The minimum absolute atomic E-state index is 0.308. The first-order valence-corrected chi connectivity index (χ1v) is 3.53. The van der Waals surface area contributed by atoms with E-state index in [-0.39, 0.29) is 5.15 Å². The van der Waals surface area contributed by atoms with Crippen molar-refractivity contribution in [3.63, 3.8) is 0 Å². The lowest BCUT2D eigenvalue weighted by molar-refractivity contribution is -0.137. The number of aromatic nitrogens is 1. The average Bonchev–Trinajstić information content (AvgIpc) is 2.02. The smallest absolute Gasteiger partial charge is 0.321 e. The number of nitrogens with zero attached hydrogens (tertiary/aromatic N) is 1. The normalized spacial score (nSPS) is 11.5. The summed E-state index contributed by atoms with van der Waals surface area (Å²) in [4.78, 5) is 3.45. The Hall–Kier alpha value is -1.01. The van der Waals surface area contributed by atoms with Gasteiger partial charge >= 0.3 is 6.18 Å². The van der Waals surface area contributed by atoms with E-state index in [0.29, 0.717) is 0 Å². The van der Waals surface area contributed by atoms with Crippen LogP contribution in [0.2, 0.25) is 5.15 Å². The van der Waals surface area contributed by atoms with Crippen molar-refractivity contribution in [2.24, 2.45) is 5.84 Å². The Morgan fingerprint density at radius 3 is 2.46 bits per heavy atom. The van der Waals surface area contributed by atoms with E-state index >= 15 is 0 Å². The molecule has 72 valence electrons. The van der Waals surface area contributed by atoms with E-state index in [1.165, 1.54) is 0 Å². The molecular formula is C6H5ClF3N3. The second-order valence-corrected chi connectivity index (χ2v) is 2.52. The van der Waals surface area contributed by atoms with Gasteiger partial charge in [0.1, 0.15) is 0 Å². The Kier molecular flexibility index (Phi) is 2.63. The van der Waals surface area contributed by atoms with Crippen LogP contribution in [0.1, 0.15) is 5.56 Å². The second-order valence-electron chi connectivity index (χ2n) is 2.17. The summed E-state index contributed by atoms with van der Waals surface area (Å²) in [6, 6.07) is 0.793. The molecule has 0 fully saturated rings. The molecule has 0 saturated carbocycles. The van der Waals surface area contributed by atoms with Crippen molar-refractivity contribution in [2.75, 3.05) is 5.43 Å². The van der Waals surface area contributed by atoms with Crippen LogP contribution in [0.3, 0.4) is 0 Å². The number of nitrogens with one attached hydrogen (secondary N) is 1. The molecule has 0 aliphatic heterocycles. The molecule has 0 radical (unpaired) electrons. The Morgan fingerprint density at radius 1 is 1.46 bits per heavy atom. The van der Waals surface area contributed by atoms with E-state index in [2.05, 4.69) is 4.98 Å². The quantitative estimate of drug-likeness (QED) is 0.425. The molecule has 0 atom stereocenters. The number of hydrogen-bond acceptors (Lipinski definition) is 3. The van der Waals surface area contributed by atoms with Crippen molar-refractivity contribution in [3.8, 4) is 0 Å². The first-order valence-electron chi connectivity index (χ1n) is 3.15. The van der Waals surface area contributed by atoms with Gasteiger partial charge in [0.05, 0.1) is 11.3 Å². The van der Waals surface area contributed by atoms with Crippen molar-refractivity contribution < 1.29 is 13.2 Å². The Balaban J connectivity index is 3.29. The third-order valence-electron chi connectivity index (χ3n) is 1.35. The number of anilines is 1. The fourth-order valence-corrected chi connectivity index (χ4v) is 1.02. The summed E-state index contributed by atoms with van der Waals surface area (Å²) in [5.41, 5.74) is 0.501. The molecule has 0 aromatic carbocycles. The predicted molar refractivity (Wildman–Crippen MR) is 42.1 cm³/mol. The van der Waals surface area contributed by atoms with Gasteiger partial charge in [0.25, 0.3) is 0 Å². The first-order chi connectivity index (χ1) is 5.96. The molecule has 13 heavy (non-hydrogen) atoms. The van der Waals surface area contributed by atoms with Crippen molar-refractivity contribution in [2.45, 2.75) is 6.18 Å². The third kappa shape index (κ3) is 2.02. The monoisotopic (exact) mass is 211 g/mol. The Labute approximate surface area is 76.7 Å². The van der Waals surface area contributed by atoms with Gasteiger partial charge in [0.15, 0.2) is 5.15 Å². The van der Waals surface area contributed by atoms with Crippen LogP contribution in [-0.4, -0.2) is 4.98 Å². The SMILES string of the molecule is NNc1c(C(F)(F)F)ccnc1Cl. The third-order valence-corrected chi connectivity index (χ3v) is 1.64. The van der Waals surface area contributed by atoms with Crippen molar-refractivity contribution >= 4 is 17.3 Å². The molecule has 0 unspecified atom stereocenters. The molecule has 1 aromatic rings. The number of halogens is 4. The zero-order chi connectivity index (χ0) is 10.1. The van der Waals surface area contributed by atoms with Crippen LogP contribution in [0.15, 0.2) is 12.3 Å². The Bertz CT molecular complexity index is 312. The molecule has 0 amide bonds. The van der Waals surface area contributed by atoms with Crippen LogP contribution < -0.4 is 11.3 Å². The molecule has 0 bridgehead atoms. The lowest BCUT2D eigenvalue weighted by atomic mass is 10.2. The number of rotatable bonds is 1. The lowest BCUT2D eigenvalue weighted by Gasteiger charge is -2.12. The van der Waals surface area contributed by atoms with Gasteiger partial charge in [-0.3, -0.25) is 5.84 Å². The number of hydrazine groups is 1. The standard InChI is InChI=1S/C6H5ClF3N3/c7-5-4(13-11)3(1-2-12-5)6(8,9)10/h1-2,13H,11H2. The summed E-state index contributed by atoms with van der Waals surface area (Å²) in [7, 11) is 0. The maximum Gasteiger partial charge on any atom is 0.418 e. The molecule has 1 heterocycles. The highest BCUT2D eigenvalue weighted by Crippen LogP contribution is 2.36. The molecular weight excluding hydrogens is 207 g/mol. The van der Waals surface area contributed by atoms with Crippen molar-refractivity contribution in [1.29, 1.82) is 0 Å². The molecule has 3 nitrogen and oxygen atoms in total. The van der Waals surface area contributed by atoms with Crippen LogP contribution >= 0.6 is 11.6 Å². The number of hydrogen-bond donors (Lipinski definition) is 2. The first kappa shape index (κ1) is 10.1. The maximum atomic E-state index is 12.2. The summed E-state index contributed by atoms with van der Waals surface area (Å²) in [6.07, 6.45) is -3.53. The van der Waals surface area contributed by atoms with Crippen LogP contribution in [-0.2, 0) is 6.18 Å². The van der Waals surface area contributed by atoms with Gasteiger partial charge in [-0.15, -0.1) is 0 Å². The summed E-state index contributed by atoms with van der Waals surface area (Å²) in [5, 5.41) is -0.308. The topological polar surface area (TPSA) is 50.9 Å². The van der Waals surface area contributed by atoms with E-state index in [9.17, 15) is 13.2 Å². The van der Waals surface area contributed by atoms with Gasteiger partial charge < -0.3 is 5.43 Å². The molecule has 0 spiro atoms. The van der Waals surface area contributed by atoms with E-state index < -0.39 is 17.4 Å². The fourth-order valence-electron chi connectivity index (χ4n) is 0.810. The molecule has 0 saturated heterocycles. The average molecular weight is 212 g/mol. The molecule has 7 heteroatoms. The zero-order valence-electron chi connectivity index (χ0n) is 6.19. The lowest BCUT2D eigenvalue weighted by Crippen LogP contribution is -2.15. The molecule has 3 N–H and O–H groups in total. The fraction of sp³-hybridized carbons (Fsp3) is 0.167. The van der Waals surface area contributed by atoms with Gasteiger partial charge in [-0.25, -0.2) is 4.98 Å². The maximum absolute atomic E-state index is 12.2. The van der Waals surface area contributed by atoms with Crippen molar-refractivity contribution in [3.05, 3.63) is 23.0 Å². The highest BCUT2D eigenvalue weighted by atomic mass is 35.5. The number of nitrogens with two attached hydrogens (primary N) is 1. The van der Waals surface area contributed by atoms with Crippen LogP contribution in [0.5, 0.6) is 0 Å². The molecule has 1 rings (SSSR count). The summed E-state index contributed by atoms with van der Waals surface area (Å²) < 4.78 is 36.7. The van der Waals surface area contributed by atoms with Gasteiger partial charge in [-0.1, -0.05) is 11.6 Å². The molecule has 0 aliphatic rings. The minimum atomic E-state index is -4.49. The van der Waals surface area contributed by atoms with Gasteiger partial charge in [-0.2, -0.15) is 13.2 Å². The van der Waals surface area contributed by atoms with E-state index in [0.717, 1.165) is 12.3 Å². The van der Waals surface area contributed by atoms with Gasteiger partial charge in [-0.05, 0) is 6.07 Å². The predicted octanol–water partition coefficient (Wildman–Crippen LogP) is 2.04. The molecule has 0 aliphatic carbocycles. The van der Waals surface area contributed by atoms with Crippen LogP contribution in [0, 0.1) is 0 Å². The van der Waals surface area contributed by atoms with E-state index in [1.54, 1.807) is 0 Å². The zero-order valence-corrected chi connectivity index (χ0v) is 6.95. The largest absolute Gasteiger partial charge is 0.418 e. The van der Waals surface area contributed by atoms with Crippen molar-refractivity contribution in [1.82, 2.24) is 4.98 Å². The van der Waals surface area contributed by atoms with E-state index in [1.807, 2.05) is 5.43 Å². The van der Waals surface area contributed by atoms with E-state index in [4.69, 9.17) is 17.4 Å². The number of alkyl halides is 3. The highest BCUT2D eigenvalue weighted by molar-refractivity contribution is 6.32. The van der Waals surface area contributed by atoms with Gasteiger partial charge in [0, 0.05) is 6.20 Å². The highest BCUT2D eigenvalue weighted by Gasteiger charge is 2.34. The minimum Gasteiger partial charge on any atom is -0.321 e. The number of nitrogen functional groups attached to an aromatic ring is 1. The molecule has 1 aromatic heterocycles. The van der Waals surface area contributed by atoms with Crippen LogP contribution in [0.4, 0.5) is 18.9 Å². The van der Waals surface area contributed by atoms with Gasteiger partial charge in [0.2, 0.25) is 0 Å². The summed E-state index contributed by atoms with van der Waals surface area (Å²) >= 11 is 5.38. The Morgan fingerprint density at radius 2 is 2.08 bits per heavy atom. The van der Waals surface area contributed by atoms with Crippen LogP contribution in [0.25, 0.3) is 0 Å². The number of pyridine rings is 1. The summed E-state index contributed by atoms with van der Waals surface area (Å²) in [5.74, 6) is 4.87.